The highest BCUT2D eigenvalue weighted by atomic mass is 16.1. The topological polar surface area (TPSA) is 17.1 Å². The minimum absolute atomic E-state index is 1.08. The van der Waals surface area contributed by atoms with Crippen molar-refractivity contribution in [1.82, 2.24) is 0 Å². The maximum Gasteiger partial charge on any atom is 0.106 e. The van der Waals surface area contributed by atoms with Crippen molar-refractivity contribution in [3.05, 3.63) is 84.1 Å². The molecule has 0 heterocycles. The summed E-state index contributed by atoms with van der Waals surface area (Å²) in [5.41, 5.74) is 6.05. The Balaban J connectivity index is 0. The van der Waals surface area contributed by atoms with Crippen LogP contribution in [0.4, 0.5) is 0 Å². The van der Waals surface area contributed by atoms with E-state index < -0.39 is 0 Å². The fourth-order valence-electron chi connectivity index (χ4n) is 1.39. The van der Waals surface area contributed by atoms with Crippen molar-refractivity contribution in [3.63, 3.8) is 0 Å². The highest BCUT2D eigenvalue weighted by molar-refractivity contribution is 5.32. The van der Waals surface area contributed by atoms with Gasteiger partial charge in [0.25, 0.3) is 0 Å². The van der Waals surface area contributed by atoms with Crippen LogP contribution in [0.5, 0.6) is 0 Å². The van der Waals surface area contributed by atoms with E-state index in [1.165, 1.54) is 16.7 Å². The normalized spacial score (nSPS) is 8.14. The third-order valence-corrected chi connectivity index (χ3v) is 2.63. The molecular formula is C20H28O. The molecular weight excluding hydrogens is 256 g/mol. The van der Waals surface area contributed by atoms with Gasteiger partial charge in [0.15, 0.2) is 0 Å². The van der Waals surface area contributed by atoms with Crippen molar-refractivity contribution in [3.8, 4) is 0 Å². The molecule has 0 amide bonds. The number of carbonyl (C=O) groups is 1. The van der Waals surface area contributed by atoms with Crippen molar-refractivity contribution in [2.24, 2.45) is 0 Å². The number of rotatable bonds is 0. The molecule has 2 rings (SSSR count). The van der Waals surface area contributed by atoms with Crippen LogP contribution in [-0.4, -0.2) is 6.79 Å². The minimum Gasteiger partial charge on any atom is -0.307 e. The fourth-order valence-corrected chi connectivity index (χ4v) is 1.39. The molecule has 0 aliphatic rings. The van der Waals surface area contributed by atoms with E-state index in [0.29, 0.717) is 0 Å². The Morgan fingerprint density at radius 3 is 1.48 bits per heavy atom. The van der Waals surface area contributed by atoms with E-state index in [-0.39, 0.29) is 0 Å². The van der Waals surface area contributed by atoms with E-state index in [0.717, 1.165) is 11.1 Å². The Hall–Kier alpha value is -1.89. The second-order valence-corrected chi connectivity index (χ2v) is 4.42. The average molecular weight is 284 g/mol. The summed E-state index contributed by atoms with van der Waals surface area (Å²) in [4.78, 5) is 8.00. The predicted octanol–water partition coefficient (Wildman–Crippen LogP) is 5.50. The Bertz CT molecular complexity index is 463. The summed E-state index contributed by atoms with van der Waals surface area (Å²) in [5, 5.41) is 0. The first-order chi connectivity index (χ1) is 9.99. The van der Waals surface area contributed by atoms with Gasteiger partial charge in [0.2, 0.25) is 0 Å². The molecule has 1 heteroatoms. The molecule has 0 fully saturated rings. The van der Waals surface area contributed by atoms with Gasteiger partial charge in [-0.2, -0.15) is 0 Å². The van der Waals surface area contributed by atoms with Crippen molar-refractivity contribution < 1.29 is 4.79 Å². The molecule has 0 saturated carbocycles. The number of aryl methyl sites for hydroxylation is 3. The number of carbonyl (C=O) groups excluding carboxylic acids is 1. The molecule has 2 aromatic rings. The van der Waals surface area contributed by atoms with Crippen molar-refractivity contribution in [2.75, 3.05) is 0 Å². The molecule has 0 aromatic heterocycles. The van der Waals surface area contributed by atoms with Crippen LogP contribution in [0.2, 0.25) is 0 Å². The first-order valence-electron chi connectivity index (χ1n) is 7.06. The maximum atomic E-state index is 8.00. The van der Waals surface area contributed by atoms with Crippen LogP contribution in [0, 0.1) is 34.6 Å². The minimum atomic E-state index is 1.08. The van der Waals surface area contributed by atoms with Crippen LogP contribution in [0.3, 0.4) is 0 Å². The van der Waals surface area contributed by atoms with Gasteiger partial charge in [-0.25, -0.2) is 0 Å². The first-order valence-corrected chi connectivity index (χ1v) is 7.06. The van der Waals surface area contributed by atoms with E-state index in [9.17, 15) is 0 Å². The number of benzene rings is 2. The molecule has 0 aliphatic carbocycles. The lowest BCUT2D eigenvalue weighted by Gasteiger charge is -1.98. The van der Waals surface area contributed by atoms with E-state index in [1.54, 1.807) is 0 Å². The molecule has 0 aliphatic heterocycles. The lowest BCUT2D eigenvalue weighted by molar-refractivity contribution is -0.0979. The van der Waals surface area contributed by atoms with Gasteiger partial charge in [0, 0.05) is 0 Å². The molecule has 114 valence electrons. The summed E-state index contributed by atoms with van der Waals surface area (Å²) in [7, 11) is 0. The third-order valence-electron chi connectivity index (χ3n) is 2.63. The fraction of sp³-hybridized carbons (Fsp3) is 0.250. The van der Waals surface area contributed by atoms with Crippen molar-refractivity contribution >= 4 is 6.79 Å². The van der Waals surface area contributed by atoms with E-state index in [1.807, 2.05) is 32.8 Å². The van der Waals surface area contributed by atoms with Gasteiger partial charge in [0.05, 0.1) is 0 Å². The molecule has 0 unspecified atom stereocenters. The molecule has 0 N–H and O–H groups in total. The molecule has 0 bridgehead atoms. The second-order valence-electron chi connectivity index (χ2n) is 4.42. The van der Waals surface area contributed by atoms with E-state index in [4.69, 9.17) is 4.79 Å². The van der Waals surface area contributed by atoms with Gasteiger partial charge in [-0.1, -0.05) is 67.4 Å². The maximum absolute atomic E-state index is 8.00. The Morgan fingerprint density at radius 2 is 1.14 bits per heavy atom. The van der Waals surface area contributed by atoms with Crippen LogP contribution in [-0.2, 0) is 4.79 Å². The summed E-state index contributed by atoms with van der Waals surface area (Å²) in [6, 6.07) is 14.4. The SMILES string of the molecule is C=O.CC.[CH2]c1cc(C)ccc1C.[CH2]c1ccc(C)cc1. The number of hydrogen-bond acceptors (Lipinski definition) is 1. The van der Waals surface area contributed by atoms with Gasteiger partial charge >= 0.3 is 0 Å². The highest BCUT2D eigenvalue weighted by Crippen LogP contribution is 2.07. The van der Waals surface area contributed by atoms with Gasteiger partial charge in [0.1, 0.15) is 6.79 Å². The lowest BCUT2D eigenvalue weighted by atomic mass is 10.1. The smallest absolute Gasteiger partial charge is 0.106 e. The second kappa shape index (κ2) is 13.1. The lowest BCUT2D eigenvalue weighted by Crippen LogP contribution is -1.79. The van der Waals surface area contributed by atoms with Crippen LogP contribution in [0.25, 0.3) is 0 Å². The van der Waals surface area contributed by atoms with Gasteiger partial charge < -0.3 is 4.79 Å². The van der Waals surface area contributed by atoms with E-state index in [2.05, 4.69) is 65.0 Å². The van der Waals surface area contributed by atoms with Crippen LogP contribution in [0.1, 0.15) is 41.7 Å². The summed E-state index contributed by atoms with van der Waals surface area (Å²) in [6.45, 7) is 19.9. The van der Waals surface area contributed by atoms with Crippen LogP contribution < -0.4 is 0 Å². The Kier molecular flexibility index (Phi) is 13.4. The standard InChI is InChI=1S/C9H11.C8H9.C2H6.CH2O/c1-7-4-5-8(2)9(3)6-7;1-7-3-5-8(2)6-4-7;2*1-2/h4-6H,3H2,1-2H3;3-6H,1H2,2H3;1-2H3;1H2. The molecule has 0 atom stereocenters. The largest absolute Gasteiger partial charge is 0.307 e. The molecule has 2 radical (unpaired) electrons. The number of hydrogen-bond donors (Lipinski definition) is 0. The Labute approximate surface area is 131 Å². The summed E-state index contributed by atoms with van der Waals surface area (Å²) in [6.07, 6.45) is 0. The van der Waals surface area contributed by atoms with E-state index >= 15 is 0 Å². The summed E-state index contributed by atoms with van der Waals surface area (Å²) in [5.74, 6) is 0. The zero-order valence-corrected chi connectivity index (χ0v) is 14.1. The van der Waals surface area contributed by atoms with Gasteiger partial charge in [-0.3, -0.25) is 0 Å². The zero-order chi connectivity index (χ0) is 16.8. The third kappa shape index (κ3) is 10.5. The molecule has 21 heavy (non-hydrogen) atoms. The van der Waals surface area contributed by atoms with Gasteiger partial charge in [-0.05, 0) is 51.3 Å². The molecule has 2 aromatic carbocycles. The molecule has 0 saturated heterocycles. The highest BCUT2D eigenvalue weighted by Gasteiger charge is 1.89. The molecule has 0 spiro atoms. The first kappa shape index (κ1) is 21.4. The van der Waals surface area contributed by atoms with Crippen LogP contribution in [0.15, 0.2) is 42.5 Å². The summed E-state index contributed by atoms with van der Waals surface area (Å²) < 4.78 is 0. The zero-order valence-electron chi connectivity index (χ0n) is 14.1. The molecule has 1 nitrogen and oxygen atoms in total. The van der Waals surface area contributed by atoms with Crippen molar-refractivity contribution in [1.29, 1.82) is 0 Å². The quantitative estimate of drug-likeness (QED) is 0.624. The van der Waals surface area contributed by atoms with Gasteiger partial charge in [-0.15, -0.1) is 0 Å². The monoisotopic (exact) mass is 284 g/mol. The Morgan fingerprint density at radius 1 is 0.714 bits per heavy atom. The summed E-state index contributed by atoms with van der Waals surface area (Å²) >= 11 is 0. The van der Waals surface area contributed by atoms with Crippen molar-refractivity contribution in [2.45, 2.75) is 34.6 Å². The van der Waals surface area contributed by atoms with Crippen LogP contribution >= 0.6 is 0 Å². The predicted molar refractivity (Wildman–Crippen MR) is 94.5 cm³/mol. The average Bonchev–Trinajstić information content (AvgIpc) is 2.51.